The smallest absolute Gasteiger partial charge is 0.0580 e. The van der Waals surface area contributed by atoms with Crippen LogP contribution in [0.2, 0.25) is 0 Å². The van der Waals surface area contributed by atoms with E-state index >= 15 is 0 Å². The van der Waals surface area contributed by atoms with E-state index < -0.39 is 0 Å². The van der Waals surface area contributed by atoms with Crippen molar-refractivity contribution in [2.24, 2.45) is 11.1 Å². The Labute approximate surface area is 55.7 Å². The van der Waals surface area contributed by atoms with Crippen LogP contribution in [0.5, 0.6) is 0 Å². The van der Waals surface area contributed by atoms with Gasteiger partial charge in [0.05, 0.1) is 13.2 Å². The van der Waals surface area contributed by atoms with Crippen LogP contribution in [-0.4, -0.2) is 13.2 Å². The molecule has 52 valence electrons. The fourth-order valence-corrected chi connectivity index (χ4v) is 0.987. The molecule has 2 heteroatoms. The summed E-state index contributed by atoms with van der Waals surface area (Å²) in [5, 5.41) is 0. The van der Waals surface area contributed by atoms with Crippen LogP contribution in [0.4, 0.5) is 0 Å². The Morgan fingerprint density at radius 2 is 2.33 bits per heavy atom. The third-order valence-electron chi connectivity index (χ3n) is 1.93. The van der Waals surface area contributed by atoms with Crippen LogP contribution in [0, 0.1) is 5.41 Å². The topological polar surface area (TPSA) is 35.2 Å². The molecule has 1 aliphatic heterocycles. The number of rotatable bonds is 2. The fourth-order valence-electron chi connectivity index (χ4n) is 0.987. The van der Waals surface area contributed by atoms with Gasteiger partial charge < -0.3 is 10.5 Å². The highest BCUT2D eigenvalue weighted by Crippen LogP contribution is 2.31. The molecule has 9 heavy (non-hydrogen) atoms. The summed E-state index contributed by atoms with van der Waals surface area (Å²) in [6.45, 7) is 3.84. The zero-order valence-electron chi connectivity index (χ0n) is 5.76. The molecule has 0 aliphatic carbocycles. The fraction of sp³-hybridized carbons (Fsp3) is 0.714. The first-order chi connectivity index (χ1) is 4.33. The Hall–Kier alpha value is -0.500. The molecule has 0 aromatic heterocycles. The summed E-state index contributed by atoms with van der Waals surface area (Å²) in [5.74, 6) is 0. The third-order valence-corrected chi connectivity index (χ3v) is 1.93. The molecule has 0 amide bonds. The van der Waals surface area contributed by atoms with Crippen LogP contribution >= 0.6 is 0 Å². The highest BCUT2D eigenvalue weighted by Gasteiger charge is 2.33. The van der Waals surface area contributed by atoms with Gasteiger partial charge in [-0.3, -0.25) is 0 Å². The van der Waals surface area contributed by atoms with E-state index in [2.05, 4.69) is 6.92 Å². The lowest BCUT2D eigenvalue weighted by Gasteiger charge is -2.37. The van der Waals surface area contributed by atoms with Gasteiger partial charge in [-0.1, -0.05) is 13.0 Å². The Balaban J connectivity index is 2.46. The Morgan fingerprint density at radius 1 is 1.67 bits per heavy atom. The predicted molar refractivity (Wildman–Crippen MR) is 36.9 cm³/mol. The Bertz CT molecular complexity index is 111. The number of ether oxygens (including phenoxy) is 1. The molecule has 2 N–H and O–H groups in total. The largest absolute Gasteiger partial charge is 0.405 e. The van der Waals surface area contributed by atoms with Crippen molar-refractivity contribution in [3.8, 4) is 0 Å². The summed E-state index contributed by atoms with van der Waals surface area (Å²) < 4.78 is 5.07. The van der Waals surface area contributed by atoms with E-state index in [4.69, 9.17) is 10.5 Å². The molecule has 0 bridgehead atoms. The van der Waals surface area contributed by atoms with Crippen molar-refractivity contribution < 1.29 is 4.74 Å². The average Bonchev–Trinajstić information content (AvgIpc) is 1.79. The van der Waals surface area contributed by atoms with Gasteiger partial charge in [0, 0.05) is 5.41 Å². The minimum absolute atomic E-state index is 0.286. The van der Waals surface area contributed by atoms with Gasteiger partial charge in [0.1, 0.15) is 0 Å². The van der Waals surface area contributed by atoms with Crippen molar-refractivity contribution in [2.75, 3.05) is 13.2 Å². The molecule has 0 saturated carbocycles. The maximum atomic E-state index is 5.26. The molecular weight excluding hydrogens is 114 g/mol. The molecule has 0 radical (unpaired) electrons. The zero-order chi connectivity index (χ0) is 6.74. The van der Waals surface area contributed by atoms with Crippen LogP contribution in [-0.2, 0) is 4.74 Å². The van der Waals surface area contributed by atoms with Crippen LogP contribution < -0.4 is 5.73 Å². The van der Waals surface area contributed by atoms with Crippen molar-refractivity contribution in [1.29, 1.82) is 0 Å². The monoisotopic (exact) mass is 127 g/mol. The van der Waals surface area contributed by atoms with Gasteiger partial charge in [-0.2, -0.15) is 0 Å². The standard InChI is InChI=1S/C7H13NO/c1-2-7(3-4-8)5-9-6-7/h3-4H,2,5-6,8H2,1H3/b4-3-. The van der Waals surface area contributed by atoms with Crippen molar-refractivity contribution in [3.63, 3.8) is 0 Å². The minimum Gasteiger partial charge on any atom is -0.405 e. The zero-order valence-corrected chi connectivity index (χ0v) is 5.76. The van der Waals surface area contributed by atoms with Gasteiger partial charge in [0.2, 0.25) is 0 Å². The third kappa shape index (κ3) is 1.08. The molecule has 1 saturated heterocycles. The normalized spacial score (nSPS) is 24.1. The number of hydrogen-bond acceptors (Lipinski definition) is 2. The van der Waals surface area contributed by atoms with Crippen LogP contribution in [0.3, 0.4) is 0 Å². The van der Waals surface area contributed by atoms with Gasteiger partial charge in [-0.15, -0.1) is 0 Å². The summed E-state index contributed by atoms with van der Waals surface area (Å²) in [7, 11) is 0. The molecule has 1 heterocycles. The summed E-state index contributed by atoms with van der Waals surface area (Å²) in [6, 6.07) is 0. The van der Waals surface area contributed by atoms with Crippen LogP contribution in [0.1, 0.15) is 13.3 Å². The van der Waals surface area contributed by atoms with Crippen molar-refractivity contribution in [2.45, 2.75) is 13.3 Å². The van der Waals surface area contributed by atoms with E-state index in [9.17, 15) is 0 Å². The maximum absolute atomic E-state index is 5.26. The molecule has 1 aliphatic rings. The van der Waals surface area contributed by atoms with E-state index in [1.54, 1.807) is 6.20 Å². The quantitative estimate of drug-likeness (QED) is 0.597. The number of nitrogens with two attached hydrogens (primary N) is 1. The molecule has 2 nitrogen and oxygen atoms in total. The molecular formula is C7H13NO. The second-order valence-electron chi connectivity index (χ2n) is 2.57. The van der Waals surface area contributed by atoms with E-state index in [-0.39, 0.29) is 5.41 Å². The molecule has 0 spiro atoms. The number of hydrogen-bond donors (Lipinski definition) is 1. The molecule has 1 rings (SSSR count). The summed E-state index contributed by atoms with van der Waals surface area (Å²) in [6.07, 6.45) is 4.78. The Kier molecular flexibility index (Phi) is 1.76. The van der Waals surface area contributed by atoms with Crippen molar-refractivity contribution >= 4 is 0 Å². The summed E-state index contributed by atoms with van der Waals surface area (Å²) in [5.41, 5.74) is 5.55. The SMILES string of the molecule is CCC1(/C=C\N)COC1. The lowest BCUT2D eigenvalue weighted by Crippen LogP contribution is -2.40. The maximum Gasteiger partial charge on any atom is 0.0580 e. The summed E-state index contributed by atoms with van der Waals surface area (Å²) >= 11 is 0. The molecule has 1 fully saturated rings. The minimum atomic E-state index is 0.286. The van der Waals surface area contributed by atoms with Crippen molar-refractivity contribution in [1.82, 2.24) is 0 Å². The van der Waals surface area contributed by atoms with Gasteiger partial charge in [-0.25, -0.2) is 0 Å². The highest BCUT2D eigenvalue weighted by molar-refractivity contribution is 5.01. The van der Waals surface area contributed by atoms with Gasteiger partial charge in [-0.05, 0) is 12.6 Å². The van der Waals surface area contributed by atoms with E-state index in [1.165, 1.54) is 0 Å². The first-order valence-corrected chi connectivity index (χ1v) is 3.30. The molecule has 0 atom stereocenters. The first kappa shape index (κ1) is 6.62. The molecule has 0 unspecified atom stereocenters. The summed E-state index contributed by atoms with van der Waals surface area (Å²) in [4.78, 5) is 0. The van der Waals surface area contributed by atoms with Gasteiger partial charge in [0.25, 0.3) is 0 Å². The van der Waals surface area contributed by atoms with Gasteiger partial charge in [0.15, 0.2) is 0 Å². The second-order valence-corrected chi connectivity index (χ2v) is 2.57. The first-order valence-electron chi connectivity index (χ1n) is 3.30. The molecule has 0 aromatic rings. The highest BCUT2D eigenvalue weighted by atomic mass is 16.5. The van der Waals surface area contributed by atoms with Crippen LogP contribution in [0.25, 0.3) is 0 Å². The van der Waals surface area contributed by atoms with Crippen LogP contribution in [0.15, 0.2) is 12.3 Å². The van der Waals surface area contributed by atoms with Crippen molar-refractivity contribution in [3.05, 3.63) is 12.3 Å². The lowest BCUT2D eigenvalue weighted by atomic mass is 9.83. The Morgan fingerprint density at radius 3 is 2.44 bits per heavy atom. The van der Waals surface area contributed by atoms with E-state index in [0.717, 1.165) is 19.6 Å². The second kappa shape index (κ2) is 2.40. The average molecular weight is 127 g/mol. The van der Waals surface area contributed by atoms with E-state index in [0.29, 0.717) is 0 Å². The molecule has 0 aromatic carbocycles. The lowest BCUT2D eigenvalue weighted by molar-refractivity contribution is -0.0838. The van der Waals surface area contributed by atoms with E-state index in [1.807, 2.05) is 6.08 Å². The van der Waals surface area contributed by atoms with Gasteiger partial charge >= 0.3 is 0 Å². The predicted octanol–water partition coefficient (Wildman–Crippen LogP) is 0.885.